The molecule has 0 saturated heterocycles. The number of nitrogens with zero attached hydrogens (tertiary/aromatic N) is 4. The van der Waals surface area contributed by atoms with Gasteiger partial charge in [0, 0.05) is 23.2 Å². The van der Waals surface area contributed by atoms with Crippen molar-refractivity contribution in [3.8, 4) is 5.69 Å². The van der Waals surface area contributed by atoms with E-state index in [1.807, 2.05) is 12.1 Å². The molecule has 1 aliphatic heterocycles. The van der Waals surface area contributed by atoms with Crippen molar-refractivity contribution in [2.45, 2.75) is 49.3 Å². The smallest absolute Gasteiger partial charge is 0.265 e. The fraction of sp³-hybridized carbons (Fsp3) is 0.400. The highest BCUT2D eigenvalue weighted by atomic mass is 35.5. The average molecular weight is 430 g/mol. The summed E-state index contributed by atoms with van der Waals surface area (Å²) < 4.78 is 3.29. The van der Waals surface area contributed by atoms with Crippen molar-refractivity contribution in [2.24, 2.45) is 0 Å². The van der Waals surface area contributed by atoms with E-state index >= 15 is 0 Å². The van der Waals surface area contributed by atoms with Gasteiger partial charge in [0.15, 0.2) is 10.8 Å². The van der Waals surface area contributed by atoms with E-state index in [4.69, 9.17) is 16.6 Å². The van der Waals surface area contributed by atoms with Crippen molar-refractivity contribution < 1.29 is 4.79 Å². The topological polar surface area (TPSA) is 81.8 Å². The largest absolute Gasteiger partial charge is 0.353 e. The molecule has 3 heterocycles. The molecule has 3 aromatic rings. The van der Waals surface area contributed by atoms with Crippen molar-refractivity contribution in [3.63, 3.8) is 0 Å². The van der Waals surface area contributed by atoms with Crippen molar-refractivity contribution >= 4 is 40.3 Å². The molecule has 1 fully saturated rings. The number of hydrogen-bond acceptors (Lipinski definition) is 5. The van der Waals surface area contributed by atoms with Crippen molar-refractivity contribution in [3.05, 3.63) is 45.8 Å². The zero-order valence-electron chi connectivity index (χ0n) is 15.7. The van der Waals surface area contributed by atoms with Gasteiger partial charge in [0.05, 0.1) is 17.9 Å². The third-order valence-corrected chi connectivity index (χ3v) is 6.90. The molecule has 2 aliphatic rings. The molecular weight excluding hydrogens is 410 g/mol. The van der Waals surface area contributed by atoms with Crippen LogP contribution in [0.3, 0.4) is 0 Å². The van der Waals surface area contributed by atoms with Crippen LogP contribution >= 0.6 is 23.4 Å². The van der Waals surface area contributed by atoms with Crippen LogP contribution in [-0.2, 0) is 4.79 Å². The van der Waals surface area contributed by atoms with Gasteiger partial charge in [0.2, 0.25) is 5.91 Å². The van der Waals surface area contributed by atoms with Crippen LogP contribution < -0.4 is 10.9 Å². The Labute approximate surface area is 176 Å². The summed E-state index contributed by atoms with van der Waals surface area (Å²) in [5.41, 5.74) is 1.11. The number of aromatic nitrogens is 4. The van der Waals surface area contributed by atoms with Gasteiger partial charge in [-0.2, -0.15) is 5.10 Å². The minimum absolute atomic E-state index is 0.0111. The summed E-state index contributed by atoms with van der Waals surface area (Å²) in [5.74, 6) is 0.675. The molecule has 1 atom stereocenters. The maximum Gasteiger partial charge on any atom is 0.265 e. The number of nitrogens with one attached hydrogen (secondary N) is 1. The van der Waals surface area contributed by atoms with E-state index in [0.29, 0.717) is 33.4 Å². The molecule has 1 amide bonds. The molecule has 0 radical (unpaired) electrons. The molecule has 0 spiro atoms. The van der Waals surface area contributed by atoms with E-state index < -0.39 is 0 Å². The van der Waals surface area contributed by atoms with Crippen LogP contribution in [0.5, 0.6) is 0 Å². The van der Waals surface area contributed by atoms with Crippen molar-refractivity contribution in [2.75, 3.05) is 5.75 Å². The Morgan fingerprint density at radius 2 is 2.14 bits per heavy atom. The number of carbonyl (C=O) groups excluding carboxylic acids is 1. The number of halogens is 1. The number of thioether (sulfide) groups is 1. The van der Waals surface area contributed by atoms with Crippen LogP contribution in [-0.4, -0.2) is 37.0 Å². The zero-order valence-corrected chi connectivity index (χ0v) is 17.2. The summed E-state index contributed by atoms with van der Waals surface area (Å²) in [6.07, 6.45) is 6.28. The normalized spacial score (nSPS) is 19.0. The quantitative estimate of drug-likeness (QED) is 0.643. The van der Waals surface area contributed by atoms with E-state index in [1.165, 1.54) is 30.8 Å². The molecule has 1 unspecified atom stereocenters. The number of fused-ring (bicyclic) bond motifs is 2. The van der Waals surface area contributed by atoms with Gasteiger partial charge < -0.3 is 5.32 Å². The summed E-state index contributed by atoms with van der Waals surface area (Å²) in [6, 6.07) is 7.37. The maximum absolute atomic E-state index is 13.2. The highest BCUT2D eigenvalue weighted by Gasteiger charge is 2.30. The number of carbonyl (C=O) groups is 1. The predicted molar refractivity (Wildman–Crippen MR) is 113 cm³/mol. The summed E-state index contributed by atoms with van der Waals surface area (Å²) >= 11 is 7.60. The lowest BCUT2D eigenvalue weighted by Gasteiger charge is -2.16. The lowest BCUT2D eigenvalue weighted by Crippen LogP contribution is -2.35. The SMILES string of the molecule is O=C(CC1CSc2nc3c(cnn3-c3cccc(Cl)c3)c(=O)n21)NC1CCCC1. The number of amides is 1. The first-order valence-electron chi connectivity index (χ1n) is 9.78. The van der Waals surface area contributed by atoms with Gasteiger partial charge in [0.25, 0.3) is 5.56 Å². The predicted octanol–water partition coefficient (Wildman–Crippen LogP) is 3.33. The highest BCUT2D eigenvalue weighted by molar-refractivity contribution is 7.99. The Morgan fingerprint density at radius 1 is 1.31 bits per heavy atom. The van der Waals surface area contributed by atoms with Gasteiger partial charge in [-0.05, 0) is 31.0 Å². The van der Waals surface area contributed by atoms with Gasteiger partial charge in [0.1, 0.15) is 5.39 Å². The first kappa shape index (κ1) is 18.7. The molecule has 1 N–H and O–H groups in total. The molecule has 1 saturated carbocycles. The molecule has 0 bridgehead atoms. The lowest BCUT2D eigenvalue weighted by atomic mass is 10.2. The standard InChI is InChI=1S/C20H20ClN5O2S/c21-12-4-3-7-14(8-12)26-18-16(10-22-26)19(28)25-15(11-29-20(25)24-18)9-17(27)23-13-5-1-2-6-13/h3-4,7-8,10,13,15H,1-2,5-6,9,11H2,(H,23,27). The fourth-order valence-corrected chi connectivity index (χ4v) is 5.46. The van der Waals surface area contributed by atoms with E-state index in [2.05, 4.69) is 10.4 Å². The molecule has 1 aromatic carbocycles. The average Bonchev–Trinajstić information content (AvgIpc) is 3.42. The van der Waals surface area contributed by atoms with E-state index in [1.54, 1.807) is 21.4 Å². The van der Waals surface area contributed by atoms with Crippen LogP contribution in [0.4, 0.5) is 0 Å². The summed E-state index contributed by atoms with van der Waals surface area (Å²) in [4.78, 5) is 30.3. The van der Waals surface area contributed by atoms with Crippen LogP contribution in [0.25, 0.3) is 16.7 Å². The van der Waals surface area contributed by atoms with Gasteiger partial charge in [-0.15, -0.1) is 0 Å². The Kier molecular flexibility index (Phi) is 4.83. The van der Waals surface area contributed by atoms with E-state index in [-0.39, 0.29) is 23.6 Å². The molecule has 7 nitrogen and oxygen atoms in total. The highest BCUT2D eigenvalue weighted by Crippen LogP contribution is 2.33. The maximum atomic E-state index is 13.2. The van der Waals surface area contributed by atoms with Crippen LogP contribution in [0.15, 0.2) is 40.4 Å². The number of rotatable bonds is 4. The Balaban J connectivity index is 1.46. The minimum atomic E-state index is -0.185. The van der Waals surface area contributed by atoms with Gasteiger partial charge in [-0.25, -0.2) is 9.67 Å². The second-order valence-corrected chi connectivity index (χ2v) is 8.98. The third-order valence-electron chi connectivity index (χ3n) is 5.56. The van der Waals surface area contributed by atoms with Gasteiger partial charge >= 0.3 is 0 Å². The monoisotopic (exact) mass is 429 g/mol. The second kappa shape index (κ2) is 7.50. The van der Waals surface area contributed by atoms with Crippen molar-refractivity contribution in [1.29, 1.82) is 0 Å². The van der Waals surface area contributed by atoms with E-state index in [9.17, 15) is 9.59 Å². The summed E-state index contributed by atoms with van der Waals surface area (Å²) in [7, 11) is 0. The van der Waals surface area contributed by atoms with Gasteiger partial charge in [-0.1, -0.05) is 42.3 Å². The van der Waals surface area contributed by atoms with Crippen LogP contribution in [0.2, 0.25) is 5.02 Å². The Hall–Kier alpha value is -2.32. The molecule has 9 heteroatoms. The van der Waals surface area contributed by atoms with E-state index in [0.717, 1.165) is 18.5 Å². The Bertz CT molecular complexity index is 1150. The van der Waals surface area contributed by atoms with Crippen LogP contribution in [0.1, 0.15) is 38.1 Å². The molecule has 29 heavy (non-hydrogen) atoms. The third kappa shape index (κ3) is 3.44. The molecule has 150 valence electrons. The second-order valence-electron chi connectivity index (χ2n) is 7.56. The van der Waals surface area contributed by atoms with Crippen molar-refractivity contribution in [1.82, 2.24) is 24.6 Å². The number of hydrogen-bond donors (Lipinski definition) is 1. The first-order valence-corrected chi connectivity index (χ1v) is 11.1. The molecule has 1 aliphatic carbocycles. The fourth-order valence-electron chi connectivity index (χ4n) is 4.15. The summed E-state index contributed by atoms with van der Waals surface area (Å²) in [6.45, 7) is 0. The lowest BCUT2D eigenvalue weighted by molar-refractivity contribution is -0.122. The summed E-state index contributed by atoms with van der Waals surface area (Å²) in [5, 5.41) is 9.13. The number of benzene rings is 1. The first-order chi connectivity index (χ1) is 14.1. The van der Waals surface area contributed by atoms with Gasteiger partial charge in [-0.3, -0.25) is 14.2 Å². The molecule has 5 rings (SSSR count). The molecule has 2 aromatic heterocycles. The minimum Gasteiger partial charge on any atom is -0.353 e. The molecular formula is C20H20ClN5O2S. The zero-order chi connectivity index (χ0) is 20.0. The Morgan fingerprint density at radius 3 is 2.93 bits per heavy atom. The van der Waals surface area contributed by atoms with Crippen LogP contribution in [0, 0.1) is 0 Å².